The Hall–Kier alpha value is -1.46. The van der Waals surface area contributed by atoms with Crippen LogP contribution < -0.4 is 5.32 Å². The number of carbonyl (C=O) groups is 1. The van der Waals surface area contributed by atoms with E-state index in [-0.39, 0.29) is 11.9 Å². The quantitative estimate of drug-likeness (QED) is 0.842. The number of unbranched alkanes of at least 4 members (excludes halogenated alkanes) is 1. The first-order valence-corrected chi connectivity index (χ1v) is 5.52. The maximum Gasteiger partial charge on any atom is 0.270 e. The van der Waals surface area contributed by atoms with Crippen LogP contribution in [0.5, 0.6) is 0 Å². The highest BCUT2D eigenvalue weighted by molar-refractivity contribution is 5.92. The normalized spacial score (nSPS) is 11.5. The molecule has 0 atom stereocenters. The molecule has 1 rings (SSSR count). The molecule has 0 fully saturated rings. The molecule has 1 amide bonds. The molecule has 1 heterocycles. The third kappa shape index (κ3) is 3.60. The third-order valence-corrected chi connectivity index (χ3v) is 2.07. The van der Waals surface area contributed by atoms with E-state index >= 15 is 0 Å². The van der Waals surface area contributed by atoms with Gasteiger partial charge in [0.2, 0.25) is 5.91 Å². The van der Waals surface area contributed by atoms with Crippen LogP contribution >= 0.6 is 0 Å². The SMILES string of the molecule is CCCCn1nnc(NC(=O)C(C)(C)C)n1. The van der Waals surface area contributed by atoms with Crippen LogP contribution in [-0.2, 0) is 11.3 Å². The molecule has 6 nitrogen and oxygen atoms in total. The molecule has 0 bridgehead atoms. The molecule has 1 aromatic rings. The van der Waals surface area contributed by atoms with Gasteiger partial charge >= 0.3 is 0 Å². The van der Waals surface area contributed by atoms with E-state index in [0.29, 0.717) is 0 Å². The van der Waals surface area contributed by atoms with Crippen LogP contribution in [0.15, 0.2) is 0 Å². The van der Waals surface area contributed by atoms with Crippen LogP contribution in [0.2, 0.25) is 0 Å². The fourth-order valence-corrected chi connectivity index (χ4v) is 0.977. The predicted molar refractivity (Wildman–Crippen MR) is 60.8 cm³/mol. The van der Waals surface area contributed by atoms with Crippen molar-refractivity contribution in [2.24, 2.45) is 5.41 Å². The maximum atomic E-state index is 11.6. The smallest absolute Gasteiger partial charge is 0.270 e. The summed E-state index contributed by atoms with van der Waals surface area (Å²) < 4.78 is 0. The van der Waals surface area contributed by atoms with E-state index in [2.05, 4.69) is 27.7 Å². The lowest BCUT2D eigenvalue weighted by atomic mass is 9.96. The number of carbonyl (C=O) groups excluding carboxylic acids is 1. The van der Waals surface area contributed by atoms with Crippen LogP contribution in [0.4, 0.5) is 5.95 Å². The number of aryl methyl sites for hydroxylation is 1. The van der Waals surface area contributed by atoms with E-state index in [4.69, 9.17) is 0 Å². The Balaban J connectivity index is 2.55. The van der Waals surface area contributed by atoms with Gasteiger partial charge in [0.15, 0.2) is 0 Å². The molecular formula is C10H19N5O. The van der Waals surface area contributed by atoms with Crippen molar-refractivity contribution in [3.63, 3.8) is 0 Å². The van der Waals surface area contributed by atoms with Gasteiger partial charge in [0.05, 0.1) is 6.54 Å². The number of anilines is 1. The van der Waals surface area contributed by atoms with Crippen molar-refractivity contribution >= 4 is 11.9 Å². The van der Waals surface area contributed by atoms with Gasteiger partial charge < -0.3 is 0 Å². The fraction of sp³-hybridized carbons (Fsp3) is 0.800. The van der Waals surface area contributed by atoms with Crippen LogP contribution in [0.25, 0.3) is 0 Å². The number of rotatable bonds is 4. The Morgan fingerprint density at radius 3 is 2.69 bits per heavy atom. The van der Waals surface area contributed by atoms with Crippen LogP contribution in [0.1, 0.15) is 40.5 Å². The average molecular weight is 225 g/mol. The molecular weight excluding hydrogens is 206 g/mol. The first-order chi connectivity index (χ1) is 7.43. The monoisotopic (exact) mass is 225 g/mol. The highest BCUT2D eigenvalue weighted by Gasteiger charge is 2.22. The van der Waals surface area contributed by atoms with Gasteiger partial charge in [-0.3, -0.25) is 10.1 Å². The zero-order valence-corrected chi connectivity index (χ0v) is 10.3. The van der Waals surface area contributed by atoms with Gasteiger partial charge in [-0.25, -0.2) is 0 Å². The number of amides is 1. The first-order valence-electron chi connectivity index (χ1n) is 5.52. The molecule has 0 aliphatic rings. The molecule has 0 radical (unpaired) electrons. The summed E-state index contributed by atoms with van der Waals surface area (Å²) in [6.07, 6.45) is 2.08. The summed E-state index contributed by atoms with van der Waals surface area (Å²) in [5.74, 6) is 0.165. The Kier molecular flexibility index (Phi) is 3.98. The second kappa shape index (κ2) is 5.05. The van der Waals surface area contributed by atoms with Crippen molar-refractivity contribution in [1.29, 1.82) is 0 Å². The highest BCUT2D eigenvalue weighted by Crippen LogP contribution is 2.14. The molecule has 90 valence electrons. The van der Waals surface area contributed by atoms with Crippen molar-refractivity contribution in [2.45, 2.75) is 47.1 Å². The van der Waals surface area contributed by atoms with Crippen molar-refractivity contribution in [2.75, 3.05) is 5.32 Å². The van der Waals surface area contributed by atoms with Gasteiger partial charge in [0.25, 0.3) is 5.95 Å². The van der Waals surface area contributed by atoms with Crippen molar-refractivity contribution < 1.29 is 4.79 Å². The Morgan fingerprint density at radius 2 is 2.12 bits per heavy atom. The molecule has 0 saturated carbocycles. The van der Waals surface area contributed by atoms with E-state index in [1.807, 2.05) is 20.8 Å². The summed E-state index contributed by atoms with van der Waals surface area (Å²) in [5.41, 5.74) is -0.450. The van der Waals surface area contributed by atoms with Gasteiger partial charge in [-0.05, 0) is 11.6 Å². The second-order valence-electron chi connectivity index (χ2n) is 4.77. The third-order valence-electron chi connectivity index (χ3n) is 2.07. The first kappa shape index (κ1) is 12.6. The lowest BCUT2D eigenvalue weighted by Gasteiger charge is -2.15. The molecule has 0 aliphatic carbocycles. The number of aromatic nitrogens is 4. The average Bonchev–Trinajstić information content (AvgIpc) is 2.61. The summed E-state index contributed by atoms with van der Waals surface area (Å²) in [5, 5.41) is 14.3. The number of nitrogens with zero attached hydrogens (tertiary/aromatic N) is 4. The maximum absolute atomic E-state index is 11.6. The van der Waals surface area contributed by atoms with Gasteiger partial charge in [-0.1, -0.05) is 39.2 Å². The van der Waals surface area contributed by atoms with E-state index in [9.17, 15) is 4.79 Å². The van der Waals surface area contributed by atoms with Crippen LogP contribution in [-0.4, -0.2) is 26.1 Å². The predicted octanol–water partition coefficient (Wildman–Crippen LogP) is 1.46. The van der Waals surface area contributed by atoms with Gasteiger partial charge in [0.1, 0.15) is 0 Å². The lowest BCUT2D eigenvalue weighted by molar-refractivity contribution is -0.123. The largest absolute Gasteiger partial charge is 0.291 e. The minimum atomic E-state index is -0.450. The zero-order chi connectivity index (χ0) is 12.2. The molecule has 1 N–H and O–H groups in total. The number of nitrogens with one attached hydrogen (secondary N) is 1. The van der Waals surface area contributed by atoms with E-state index < -0.39 is 5.41 Å². The highest BCUT2D eigenvalue weighted by atomic mass is 16.2. The molecule has 0 aromatic carbocycles. The molecule has 0 unspecified atom stereocenters. The van der Waals surface area contributed by atoms with Crippen LogP contribution in [0.3, 0.4) is 0 Å². The van der Waals surface area contributed by atoms with Gasteiger partial charge in [-0.2, -0.15) is 4.80 Å². The molecule has 0 saturated heterocycles. The van der Waals surface area contributed by atoms with Crippen molar-refractivity contribution in [3.8, 4) is 0 Å². The Morgan fingerprint density at radius 1 is 1.44 bits per heavy atom. The summed E-state index contributed by atoms with van der Waals surface area (Å²) >= 11 is 0. The Bertz CT molecular complexity index is 352. The fourth-order valence-electron chi connectivity index (χ4n) is 0.977. The summed E-state index contributed by atoms with van der Waals surface area (Å²) in [6.45, 7) is 8.34. The van der Waals surface area contributed by atoms with E-state index in [1.54, 1.807) is 0 Å². The number of hydrogen-bond acceptors (Lipinski definition) is 4. The van der Waals surface area contributed by atoms with Crippen molar-refractivity contribution in [3.05, 3.63) is 0 Å². The van der Waals surface area contributed by atoms with E-state index in [1.165, 1.54) is 4.80 Å². The van der Waals surface area contributed by atoms with Crippen LogP contribution in [0, 0.1) is 5.41 Å². The molecule has 0 spiro atoms. The molecule has 16 heavy (non-hydrogen) atoms. The Labute approximate surface area is 95.4 Å². The standard InChI is InChI=1S/C10H19N5O/c1-5-6-7-15-13-9(12-14-15)11-8(16)10(2,3)4/h5-7H2,1-4H3,(H,11,13,16). The number of hydrogen-bond donors (Lipinski definition) is 1. The van der Waals surface area contributed by atoms with Gasteiger partial charge in [0, 0.05) is 5.41 Å². The summed E-state index contributed by atoms with van der Waals surface area (Å²) in [7, 11) is 0. The van der Waals surface area contributed by atoms with Gasteiger partial charge in [-0.15, -0.1) is 5.10 Å². The van der Waals surface area contributed by atoms with Crippen molar-refractivity contribution in [1.82, 2.24) is 20.2 Å². The molecule has 0 aliphatic heterocycles. The molecule has 1 aromatic heterocycles. The summed E-state index contributed by atoms with van der Waals surface area (Å²) in [6, 6.07) is 0. The number of tetrazole rings is 1. The second-order valence-corrected chi connectivity index (χ2v) is 4.77. The van der Waals surface area contributed by atoms with E-state index in [0.717, 1.165) is 19.4 Å². The topological polar surface area (TPSA) is 72.7 Å². The molecule has 6 heteroatoms. The summed E-state index contributed by atoms with van der Waals surface area (Å²) in [4.78, 5) is 13.1. The lowest BCUT2D eigenvalue weighted by Crippen LogP contribution is -2.28. The minimum absolute atomic E-state index is 0.109. The zero-order valence-electron chi connectivity index (χ0n) is 10.3. The minimum Gasteiger partial charge on any atom is -0.291 e.